The molecule has 3 nitrogen and oxygen atoms in total. The second-order valence-electron chi connectivity index (χ2n) is 5.33. The van der Waals surface area contributed by atoms with Gasteiger partial charge in [0.25, 0.3) is 0 Å². The molecule has 0 N–H and O–H groups in total. The summed E-state index contributed by atoms with van der Waals surface area (Å²) in [4.78, 5) is 0. The average Bonchev–Trinajstić information content (AvgIpc) is 2.32. The van der Waals surface area contributed by atoms with E-state index < -0.39 is 22.5 Å². The van der Waals surface area contributed by atoms with E-state index in [4.69, 9.17) is 0 Å². The number of alkyl halides is 3. The lowest BCUT2D eigenvalue weighted by Gasteiger charge is -2.19. The quantitative estimate of drug-likeness (QED) is 0.615. The van der Waals surface area contributed by atoms with Crippen LogP contribution < -0.4 is 4.74 Å². The van der Waals surface area contributed by atoms with Crippen LogP contribution in [0.1, 0.15) is 39.7 Å². The van der Waals surface area contributed by atoms with Gasteiger partial charge in [-0.25, -0.2) is 0 Å². The predicted octanol–water partition coefficient (Wildman–Crippen LogP) is 4.25. The number of nitrogens with zero attached hydrogens (tertiary/aromatic N) is 1. The van der Waals surface area contributed by atoms with Gasteiger partial charge in [0.2, 0.25) is 0 Å². The van der Waals surface area contributed by atoms with E-state index in [1.807, 2.05) is 0 Å². The molecule has 0 aromatic heterocycles. The number of halogens is 3. The predicted molar refractivity (Wildman–Crippen MR) is 77.8 cm³/mol. The topological polar surface area (TPSA) is 44.7 Å². The summed E-state index contributed by atoms with van der Waals surface area (Å²) >= 11 is -1.47. The Labute approximate surface area is 125 Å². The molecule has 7 heteroatoms. The summed E-state index contributed by atoms with van der Waals surface area (Å²) in [6.45, 7) is 7.14. The van der Waals surface area contributed by atoms with E-state index in [1.54, 1.807) is 33.8 Å². The van der Waals surface area contributed by atoms with Crippen molar-refractivity contribution in [3.8, 4) is 5.75 Å². The minimum Gasteiger partial charge on any atom is -0.591 e. The molecule has 0 saturated heterocycles. The summed E-state index contributed by atoms with van der Waals surface area (Å²) in [5.74, 6) is -0.317. The van der Waals surface area contributed by atoms with Crippen molar-refractivity contribution in [1.82, 2.24) is 0 Å². The highest BCUT2D eigenvalue weighted by Crippen LogP contribution is 2.25. The molecule has 0 heterocycles. The van der Waals surface area contributed by atoms with Crippen molar-refractivity contribution in [2.24, 2.45) is 4.40 Å². The molecule has 0 amide bonds. The first-order valence-corrected chi connectivity index (χ1v) is 7.49. The van der Waals surface area contributed by atoms with E-state index in [-0.39, 0.29) is 5.75 Å². The lowest BCUT2D eigenvalue weighted by atomic mass is 10.1. The molecule has 0 aliphatic heterocycles. The van der Waals surface area contributed by atoms with Crippen LogP contribution in [0, 0.1) is 0 Å². The van der Waals surface area contributed by atoms with Crippen LogP contribution in [-0.4, -0.2) is 21.4 Å². The molecule has 0 fully saturated rings. The second-order valence-corrected chi connectivity index (χ2v) is 7.23. The highest BCUT2D eigenvalue weighted by Gasteiger charge is 2.31. The molecular formula is C14H18F3NO2S. The van der Waals surface area contributed by atoms with Crippen molar-refractivity contribution in [3.05, 3.63) is 29.8 Å². The summed E-state index contributed by atoms with van der Waals surface area (Å²) in [7, 11) is 0. The Morgan fingerprint density at radius 2 is 1.90 bits per heavy atom. The van der Waals surface area contributed by atoms with Crippen molar-refractivity contribution in [2.45, 2.75) is 45.2 Å². The van der Waals surface area contributed by atoms with Crippen LogP contribution >= 0.6 is 0 Å². The smallest absolute Gasteiger partial charge is 0.573 e. The van der Waals surface area contributed by atoms with E-state index in [0.717, 1.165) is 0 Å². The number of benzene rings is 1. The molecule has 1 rings (SSSR count). The van der Waals surface area contributed by atoms with Gasteiger partial charge in [0.05, 0.1) is 5.71 Å². The van der Waals surface area contributed by atoms with Crippen molar-refractivity contribution in [3.63, 3.8) is 0 Å². The van der Waals surface area contributed by atoms with E-state index in [1.165, 1.54) is 18.2 Å². The summed E-state index contributed by atoms with van der Waals surface area (Å²) in [6, 6.07) is 5.52. The van der Waals surface area contributed by atoms with Crippen LogP contribution in [0.5, 0.6) is 5.75 Å². The van der Waals surface area contributed by atoms with Gasteiger partial charge >= 0.3 is 6.36 Å². The maximum absolute atomic E-state index is 12.2. The largest absolute Gasteiger partial charge is 0.591 e. The van der Waals surface area contributed by atoms with E-state index in [2.05, 4.69) is 9.13 Å². The maximum atomic E-state index is 12.2. The molecular weight excluding hydrogens is 303 g/mol. The molecule has 1 atom stereocenters. The molecule has 118 valence electrons. The highest BCUT2D eigenvalue weighted by molar-refractivity contribution is 7.91. The fourth-order valence-corrected chi connectivity index (χ4v) is 2.14. The second kappa shape index (κ2) is 6.70. The number of hydrogen-bond acceptors (Lipinski definition) is 3. The molecule has 0 spiro atoms. The van der Waals surface area contributed by atoms with Gasteiger partial charge in [0.1, 0.15) is 21.9 Å². The molecule has 21 heavy (non-hydrogen) atoms. The zero-order valence-electron chi connectivity index (χ0n) is 12.3. The van der Waals surface area contributed by atoms with Crippen molar-refractivity contribution in [2.75, 3.05) is 0 Å². The standard InChI is InChI=1S/C14H18F3NO2S/c1-5-12(18-21(19)13(2,3)4)10-7-6-8-11(9-10)20-14(15,16)17/h6-9H,5H2,1-4H3/b18-12-/t21-/m1/s1. The van der Waals surface area contributed by atoms with Crippen LogP contribution in [-0.2, 0) is 11.4 Å². The summed E-state index contributed by atoms with van der Waals surface area (Å²) in [5.41, 5.74) is 0.952. The Balaban J connectivity index is 3.07. The third-order valence-electron chi connectivity index (χ3n) is 2.45. The third-order valence-corrected chi connectivity index (χ3v) is 3.89. The Morgan fingerprint density at radius 3 is 2.38 bits per heavy atom. The van der Waals surface area contributed by atoms with E-state index in [0.29, 0.717) is 17.7 Å². The molecule has 0 unspecified atom stereocenters. The van der Waals surface area contributed by atoms with Gasteiger partial charge in [-0.3, -0.25) is 0 Å². The Morgan fingerprint density at radius 1 is 1.29 bits per heavy atom. The molecule has 0 radical (unpaired) electrons. The minimum atomic E-state index is -4.74. The van der Waals surface area contributed by atoms with Crippen LogP contribution in [0.4, 0.5) is 13.2 Å². The first-order valence-electron chi connectivity index (χ1n) is 6.38. The van der Waals surface area contributed by atoms with Gasteiger partial charge < -0.3 is 9.29 Å². The number of ether oxygens (including phenoxy) is 1. The summed E-state index contributed by atoms with van der Waals surface area (Å²) in [5, 5.41) is 0. The first kappa shape index (κ1) is 17.8. The lowest BCUT2D eigenvalue weighted by molar-refractivity contribution is -0.274. The average molecular weight is 321 g/mol. The zero-order valence-corrected chi connectivity index (χ0v) is 13.1. The highest BCUT2D eigenvalue weighted by atomic mass is 32.2. The van der Waals surface area contributed by atoms with Crippen LogP contribution in [0.2, 0.25) is 0 Å². The SMILES string of the molecule is CC/C(=N/[S@+]([O-])C(C)(C)C)c1cccc(OC(F)(F)F)c1. The van der Waals surface area contributed by atoms with Crippen molar-refractivity contribution >= 4 is 17.1 Å². The van der Waals surface area contributed by atoms with Gasteiger partial charge in [-0.15, -0.1) is 13.2 Å². The normalized spacial score (nSPS) is 15.0. The first-order chi connectivity index (χ1) is 9.53. The van der Waals surface area contributed by atoms with Crippen molar-refractivity contribution in [1.29, 1.82) is 0 Å². The third kappa shape index (κ3) is 5.97. The van der Waals surface area contributed by atoms with E-state index in [9.17, 15) is 17.7 Å². The van der Waals surface area contributed by atoms with Crippen LogP contribution in [0.15, 0.2) is 28.7 Å². The van der Waals surface area contributed by atoms with Crippen LogP contribution in [0.3, 0.4) is 0 Å². The molecule has 0 aliphatic rings. The molecule has 0 bridgehead atoms. The lowest BCUT2D eigenvalue weighted by Crippen LogP contribution is -2.27. The molecule has 0 aliphatic carbocycles. The van der Waals surface area contributed by atoms with Crippen LogP contribution in [0.25, 0.3) is 0 Å². The Hall–Kier alpha value is -1.21. The fraction of sp³-hybridized carbons (Fsp3) is 0.500. The van der Waals surface area contributed by atoms with E-state index >= 15 is 0 Å². The number of rotatable bonds is 4. The van der Waals surface area contributed by atoms with Gasteiger partial charge in [-0.1, -0.05) is 23.5 Å². The molecule has 1 aromatic carbocycles. The fourth-order valence-electron chi connectivity index (χ4n) is 1.43. The van der Waals surface area contributed by atoms with Gasteiger partial charge in [0, 0.05) is 5.56 Å². The number of hydrogen-bond donors (Lipinski definition) is 0. The molecule has 1 aromatic rings. The van der Waals surface area contributed by atoms with Gasteiger partial charge in [0.15, 0.2) is 0 Å². The summed E-state index contributed by atoms with van der Waals surface area (Å²) < 4.78 is 56.2. The molecule has 0 saturated carbocycles. The minimum absolute atomic E-state index is 0.317. The monoisotopic (exact) mass is 321 g/mol. The summed E-state index contributed by atoms with van der Waals surface area (Å²) in [6.07, 6.45) is -4.28. The maximum Gasteiger partial charge on any atom is 0.573 e. The zero-order chi connectivity index (χ0) is 16.3. The van der Waals surface area contributed by atoms with Crippen molar-refractivity contribution < 1.29 is 22.5 Å². The van der Waals surface area contributed by atoms with Gasteiger partial charge in [-0.2, -0.15) is 0 Å². The van der Waals surface area contributed by atoms with Gasteiger partial charge in [-0.05, 0) is 39.3 Å². The Bertz CT molecular complexity index is 510. The Kier molecular flexibility index (Phi) is 5.69.